The molecule has 1 saturated carbocycles. The van der Waals surface area contributed by atoms with Gasteiger partial charge in [0.1, 0.15) is 5.82 Å². The summed E-state index contributed by atoms with van der Waals surface area (Å²) in [5.74, 6) is -0.392. The molecule has 0 heterocycles. The van der Waals surface area contributed by atoms with Crippen molar-refractivity contribution in [1.82, 2.24) is 4.90 Å². The standard InChI is InChI=1S/C16H22FNO2/c1-12(15(19)13-5-7-14(17)8-6-13)18(2)11-16(20)9-3-4-10-16/h5-8,12,20H,3-4,9-11H2,1-2H3. The molecular formula is C16H22FNO2. The Bertz CT molecular complexity index is 466. The number of likely N-dealkylation sites (N-methyl/N-ethyl adjacent to an activating group) is 1. The van der Waals surface area contributed by atoms with Gasteiger partial charge in [0, 0.05) is 12.1 Å². The lowest BCUT2D eigenvalue weighted by Crippen LogP contribution is -2.45. The lowest BCUT2D eigenvalue weighted by atomic mass is 9.99. The largest absolute Gasteiger partial charge is 0.389 e. The molecule has 1 aromatic rings. The second-order valence-electron chi connectivity index (χ2n) is 5.89. The van der Waals surface area contributed by atoms with Crippen molar-refractivity contribution in [3.05, 3.63) is 35.6 Å². The Balaban J connectivity index is 2.00. The number of halogens is 1. The molecule has 1 N–H and O–H groups in total. The highest BCUT2D eigenvalue weighted by Gasteiger charge is 2.34. The normalized spacial score (nSPS) is 19.2. The number of ketones is 1. The first-order chi connectivity index (χ1) is 9.41. The van der Waals surface area contributed by atoms with E-state index in [0.29, 0.717) is 12.1 Å². The topological polar surface area (TPSA) is 40.5 Å². The number of Topliss-reactive ketones (excluding diaryl/α,β-unsaturated/α-hetero) is 1. The van der Waals surface area contributed by atoms with E-state index in [1.165, 1.54) is 24.3 Å². The summed E-state index contributed by atoms with van der Waals surface area (Å²) >= 11 is 0. The van der Waals surface area contributed by atoms with Gasteiger partial charge in [-0.1, -0.05) is 12.8 Å². The Morgan fingerprint density at radius 3 is 2.45 bits per heavy atom. The minimum atomic E-state index is -0.661. The van der Waals surface area contributed by atoms with Crippen LogP contribution in [0, 0.1) is 5.82 Å². The maximum absolute atomic E-state index is 12.9. The van der Waals surface area contributed by atoms with Gasteiger partial charge in [0.05, 0.1) is 11.6 Å². The van der Waals surface area contributed by atoms with E-state index in [0.717, 1.165) is 25.7 Å². The van der Waals surface area contributed by atoms with Crippen LogP contribution in [0.15, 0.2) is 24.3 Å². The van der Waals surface area contributed by atoms with Crippen molar-refractivity contribution in [3.8, 4) is 0 Å². The summed E-state index contributed by atoms with van der Waals surface area (Å²) in [6, 6.07) is 5.28. The number of rotatable bonds is 5. The maximum atomic E-state index is 12.9. The zero-order valence-electron chi connectivity index (χ0n) is 12.1. The first-order valence-electron chi connectivity index (χ1n) is 7.14. The summed E-state index contributed by atoms with van der Waals surface area (Å²) in [5.41, 5.74) is -0.157. The van der Waals surface area contributed by atoms with Gasteiger partial charge in [0.25, 0.3) is 0 Å². The van der Waals surface area contributed by atoms with Crippen molar-refractivity contribution >= 4 is 5.78 Å². The molecule has 1 unspecified atom stereocenters. The Morgan fingerprint density at radius 2 is 1.90 bits per heavy atom. The molecule has 3 nitrogen and oxygen atoms in total. The lowest BCUT2D eigenvalue weighted by Gasteiger charge is -2.31. The molecule has 1 fully saturated rings. The van der Waals surface area contributed by atoms with Crippen LogP contribution in [0.25, 0.3) is 0 Å². The summed E-state index contributed by atoms with van der Waals surface area (Å²) in [6.07, 6.45) is 3.69. The Labute approximate surface area is 119 Å². The van der Waals surface area contributed by atoms with Gasteiger partial charge in [-0.2, -0.15) is 0 Å². The van der Waals surface area contributed by atoms with Gasteiger partial charge < -0.3 is 5.11 Å². The van der Waals surface area contributed by atoms with E-state index in [-0.39, 0.29) is 17.6 Å². The molecular weight excluding hydrogens is 257 g/mol. The van der Waals surface area contributed by atoms with Crippen molar-refractivity contribution in [2.45, 2.75) is 44.2 Å². The van der Waals surface area contributed by atoms with Gasteiger partial charge in [-0.05, 0) is 51.1 Å². The van der Waals surface area contributed by atoms with Crippen LogP contribution in [0.3, 0.4) is 0 Å². The van der Waals surface area contributed by atoms with Crippen LogP contribution in [-0.2, 0) is 0 Å². The second kappa shape index (κ2) is 6.02. The third kappa shape index (κ3) is 3.44. The SMILES string of the molecule is CC(C(=O)c1ccc(F)cc1)N(C)CC1(O)CCCC1. The highest BCUT2D eigenvalue weighted by molar-refractivity contribution is 5.99. The number of carbonyl (C=O) groups is 1. The Morgan fingerprint density at radius 1 is 1.35 bits per heavy atom. The molecule has 20 heavy (non-hydrogen) atoms. The summed E-state index contributed by atoms with van der Waals surface area (Å²) in [4.78, 5) is 14.2. The quantitative estimate of drug-likeness (QED) is 0.842. The fraction of sp³-hybridized carbons (Fsp3) is 0.562. The fourth-order valence-electron chi connectivity index (χ4n) is 2.85. The number of benzene rings is 1. The third-order valence-electron chi connectivity index (χ3n) is 4.25. The Kier molecular flexibility index (Phi) is 4.55. The van der Waals surface area contributed by atoms with E-state index in [1.807, 2.05) is 18.9 Å². The zero-order chi connectivity index (χ0) is 14.8. The van der Waals surface area contributed by atoms with Crippen LogP contribution >= 0.6 is 0 Å². The van der Waals surface area contributed by atoms with Crippen LogP contribution < -0.4 is 0 Å². The van der Waals surface area contributed by atoms with Gasteiger partial charge in [0.2, 0.25) is 0 Å². The van der Waals surface area contributed by atoms with Gasteiger partial charge in [-0.15, -0.1) is 0 Å². The molecule has 0 radical (unpaired) electrons. The van der Waals surface area contributed by atoms with Gasteiger partial charge in [-0.3, -0.25) is 9.69 Å². The first-order valence-corrected chi connectivity index (χ1v) is 7.14. The number of carbonyl (C=O) groups excluding carboxylic acids is 1. The van der Waals surface area contributed by atoms with Gasteiger partial charge in [-0.25, -0.2) is 4.39 Å². The molecule has 0 amide bonds. The monoisotopic (exact) mass is 279 g/mol. The molecule has 0 aromatic heterocycles. The van der Waals surface area contributed by atoms with Crippen molar-refractivity contribution in [3.63, 3.8) is 0 Å². The first kappa shape index (κ1) is 15.1. The van der Waals surface area contributed by atoms with Crippen LogP contribution in [0.5, 0.6) is 0 Å². The molecule has 0 bridgehead atoms. The summed E-state index contributed by atoms with van der Waals surface area (Å²) in [7, 11) is 1.85. The van der Waals surface area contributed by atoms with Gasteiger partial charge >= 0.3 is 0 Å². The molecule has 110 valence electrons. The summed E-state index contributed by atoms with van der Waals surface area (Å²) in [6.45, 7) is 2.32. The van der Waals surface area contributed by atoms with Crippen LogP contribution in [0.1, 0.15) is 43.0 Å². The minimum absolute atomic E-state index is 0.0471. The van der Waals surface area contributed by atoms with E-state index < -0.39 is 5.60 Å². The molecule has 1 aliphatic carbocycles. The Hall–Kier alpha value is -1.26. The molecule has 1 aliphatic rings. The number of nitrogens with zero attached hydrogens (tertiary/aromatic N) is 1. The van der Waals surface area contributed by atoms with Crippen LogP contribution in [0.4, 0.5) is 4.39 Å². The number of aliphatic hydroxyl groups is 1. The summed E-state index contributed by atoms with van der Waals surface area (Å²) in [5, 5.41) is 10.4. The van der Waals surface area contributed by atoms with Crippen LogP contribution in [-0.4, -0.2) is 41.0 Å². The average Bonchev–Trinajstić information content (AvgIpc) is 2.84. The van der Waals surface area contributed by atoms with E-state index in [9.17, 15) is 14.3 Å². The van der Waals surface area contributed by atoms with E-state index in [1.54, 1.807) is 0 Å². The number of hydrogen-bond acceptors (Lipinski definition) is 3. The smallest absolute Gasteiger partial charge is 0.179 e. The van der Waals surface area contributed by atoms with Crippen molar-refractivity contribution < 1.29 is 14.3 Å². The highest BCUT2D eigenvalue weighted by atomic mass is 19.1. The van der Waals surface area contributed by atoms with Crippen LogP contribution in [0.2, 0.25) is 0 Å². The fourth-order valence-corrected chi connectivity index (χ4v) is 2.85. The maximum Gasteiger partial charge on any atom is 0.179 e. The predicted molar refractivity (Wildman–Crippen MR) is 76.2 cm³/mol. The van der Waals surface area contributed by atoms with Crippen molar-refractivity contribution in [1.29, 1.82) is 0 Å². The van der Waals surface area contributed by atoms with Crippen molar-refractivity contribution in [2.24, 2.45) is 0 Å². The summed E-state index contributed by atoms with van der Waals surface area (Å²) < 4.78 is 12.9. The van der Waals surface area contributed by atoms with E-state index >= 15 is 0 Å². The molecule has 1 aromatic carbocycles. The van der Waals surface area contributed by atoms with E-state index in [2.05, 4.69) is 0 Å². The zero-order valence-corrected chi connectivity index (χ0v) is 12.1. The van der Waals surface area contributed by atoms with E-state index in [4.69, 9.17) is 0 Å². The molecule has 0 saturated heterocycles. The molecule has 4 heteroatoms. The molecule has 2 rings (SSSR count). The predicted octanol–water partition coefficient (Wildman–Crippen LogP) is 2.63. The minimum Gasteiger partial charge on any atom is -0.389 e. The third-order valence-corrected chi connectivity index (χ3v) is 4.25. The average molecular weight is 279 g/mol. The molecule has 1 atom stereocenters. The van der Waals surface area contributed by atoms with Gasteiger partial charge in [0.15, 0.2) is 5.78 Å². The number of hydrogen-bond donors (Lipinski definition) is 1. The molecule has 0 spiro atoms. The van der Waals surface area contributed by atoms with Crippen molar-refractivity contribution in [2.75, 3.05) is 13.6 Å². The second-order valence-corrected chi connectivity index (χ2v) is 5.89. The lowest BCUT2D eigenvalue weighted by molar-refractivity contribution is 0.00856. The molecule has 0 aliphatic heterocycles. The highest BCUT2D eigenvalue weighted by Crippen LogP contribution is 2.30.